The summed E-state index contributed by atoms with van der Waals surface area (Å²) in [6, 6.07) is 13.4. The number of carbonyl (C=O) groups excluding carboxylic acids is 2. The standard InChI is InChI=1S/C29H42N2O4/c1-6-10-19-30-29(33)25(7-2)31(21-24-13-11-22(5)12-14-24)28(32)18-16-23-15-17-26(34-8-3)27(20-23)35-9-4/h11-15,17,20,25H,6-10,16,18-19,21H2,1-5H3,(H,30,33)/t25-/m0/s1. The van der Waals surface area contributed by atoms with Crippen LogP contribution < -0.4 is 14.8 Å². The highest BCUT2D eigenvalue weighted by atomic mass is 16.5. The summed E-state index contributed by atoms with van der Waals surface area (Å²) in [5.41, 5.74) is 3.18. The Kier molecular flexibility index (Phi) is 12.2. The number of benzene rings is 2. The van der Waals surface area contributed by atoms with E-state index in [1.807, 2.05) is 70.2 Å². The molecule has 2 amide bonds. The van der Waals surface area contributed by atoms with E-state index in [1.54, 1.807) is 4.90 Å². The fourth-order valence-corrected chi connectivity index (χ4v) is 3.96. The van der Waals surface area contributed by atoms with Crippen molar-refractivity contribution in [1.29, 1.82) is 0 Å². The minimum atomic E-state index is -0.500. The number of nitrogens with one attached hydrogen (secondary N) is 1. The van der Waals surface area contributed by atoms with Gasteiger partial charge in [0.25, 0.3) is 0 Å². The van der Waals surface area contributed by atoms with Crippen molar-refractivity contribution in [2.75, 3.05) is 19.8 Å². The van der Waals surface area contributed by atoms with Crippen molar-refractivity contribution in [3.63, 3.8) is 0 Å². The Labute approximate surface area is 211 Å². The van der Waals surface area contributed by atoms with Crippen molar-refractivity contribution in [3.8, 4) is 11.5 Å². The summed E-state index contributed by atoms with van der Waals surface area (Å²) in [6.07, 6.45) is 3.36. The number of carbonyl (C=O) groups is 2. The zero-order valence-electron chi connectivity index (χ0n) is 22.1. The zero-order chi connectivity index (χ0) is 25.6. The Balaban J connectivity index is 2.19. The molecule has 0 spiro atoms. The largest absolute Gasteiger partial charge is 0.490 e. The highest BCUT2D eigenvalue weighted by Crippen LogP contribution is 2.29. The van der Waals surface area contributed by atoms with Crippen LogP contribution in [0.25, 0.3) is 0 Å². The number of nitrogens with zero attached hydrogens (tertiary/aromatic N) is 1. The first-order valence-electron chi connectivity index (χ1n) is 12.9. The SMILES string of the molecule is CCCCNC(=O)[C@H](CC)N(Cc1ccc(C)cc1)C(=O)CCc1ccc(OCC)c(OCC)c1. The average molecular weight is 483 g/mol. The minimum Gasteiger partial charge on any atom is -0.490 e. The molecule has 192 valence electrons. The lowest BCUT2D eigenvalue weighted by atomic mass is 10.0. The quantitative estimate of drug-likeness (QED) is 0.343. The second-order valence-electron chi connectivity index (χ2n) is 8.72. The Morgan fingerprint density at radius 3 is 2.20 bits per heavy atom. The van der Waals surface area contributed by atoms with Gasteiger partial charge in [0.05, 0.1) is 13.2 Å². The fraction of sp³-hybridized carbons (Fsp3) is 0.517. The van der Waals surface area contributed by atoms with Crippen LogP contribution in [0.4, 0.5) is 0 Å². The lowest BCUT2D eigenvalue weighted by molar-refractivity contribution is -0.141. The first kappa shape index (κ1) is 28.2. The molecule has 2 rings (SSSR count). The van der Waals surface area contributed by atoms with Crippen molar-refractivity contribution in [1.82, 2.24) is 10.2 Å². The van der Waals surface area contributed by atoms with Gasteiger partial charge in [0.15, 0.2) is 11.5 Å². The van der Waals surface area contributed by atoms with E-state index in [0.717, 1.165) is 29.5 Å². The highest BCUT2D eigenvalue weighted by Gasteiger charge is 2.28. The molecule has 6 nitrogen and oxygen atoms in total. The van der Waals surface area contributed by atoms with Crippen molar-refractivity contribution >= 4 is 11.8 Å². The maximum absolute atomic E-state index is 13.5. The van der Waals surface area contributed by atoms with Crippen molar-refractivity contribution < 1.29 is 19.1 Å². The molecule has 0 unspecified atom stereocenters. The van der Waals surface area contributed by atoms with Crippen LogP contribution in [-0.4, -0.2) is 42.5 Å². The maximum atomic E-state index is 13.5. The molecule has 1 N–H and O–H groups in total. The predicted octanol–water partition coefficient (Wildman–Crippen LogP) is 5.45. The van der Waals surface area contributed by atoms with E-state index >= 15 is 0 Å². The molecular weight excluding hydrogens is 440 g/mol. The van der Waals surface area contributed by atoms with Crippen LogP contribution in [0, 0.1) is 6.92 Å². The van der Waals surface area contributed by atoms with E-state index in [0.29, 0.717) is 57.1 Å². The summed E-state index contributed by atoms with van der Waals surface area (Å²) >= 11 is 0. The second-order valence-corrected chi connectivity index (χ2v) is 8.72. The molecule has 0 fully saturated rings. The summed E-state index contributed by atoms with van der Waals surface area (Å²) < 4.78 is 11.4. The molecule has 2 aromatic carbocycles. The number of amides is 2. The van der Waals surface area contributed by atoms with Gasteiger partial charge < -0.3 is 19.7 Å². The molecular formula is C29H42N2O4. The lowest BCUT2D eigenvalue weighted by Gasteiger charge is -2.31. The highest BCUT2D eigenvalue weighted by molar-refractivity contribution is 5.87. The molecule has 2 aromatic rings. The third kappa shape index (κ3) is 8.93. The maximum Gasteiger partial charge on any atom is 0.242 e. The van der Waals surface area contributed by atoms with Crippen LogP contribution in [0.5, 0.6) is 11.5 Å². The van der Waals surface area contributed by atoms with Gasteiger partial charge in [-0.05, 0) is 63.3 Å². The predicted molar refractivity (Wildman–Crippen MR) is 141 cm³/mol. The molecule has 6 heteroatoms. The Morgan fingerprint density at radius 2 is 1.57 bits per heavy atom. The molecule has 35 heavy (non-hydrogen) atoms. The van der Waals surface area contributed by atoms with Crippen molar-refractivity contribution in [3.05, 3.63) is 59.2 Å². The van der Waals surface area contributed by atoms with E-state index in [4.69, 9.17) is 9.47 Å². The van der Waals surface area contributed by atoms with Gasteiger partial charge in [-0.1, -0.05) is 56.2 Å². The molecule has 0 saturated heterocycles. The van der Waals surface area contributed by atoms with Crippen molar-refractivity contribution in [2.45, 2.75) is 79.3 Å². The zero-order valence-corrected chi connectivity index (χ0v) is 22.1. The number of unbranched alkanes of at least 4 members (excludes halogenated alkanes) is 1. The van der Waals surface area contributed by atoms with Crippen LogP contribution in [-0.2, 0) is 22.6 Å². The van der Waals surface area contributed by atoms with E-state index in [9.17, 15) is 9.59 Å². The van der Waals surface area contributed by atoms with Crippen LogP contribution in [0.3, 0.4) is 0 Å². The van der Waals surface area contributed by atoms with Crippen LogP contribution in [0.1, 0.15) is 70.1 Å². The normalized spacial score (nSPS) is 11.6. The van der Waals surface area contributed by atoms with Gasteiger partial charge in [0.1, 0.15) is 6.04 Å². The van der Waals surface area contributed by atoms with E-state index in [-0.39, 0.29) is 11.8 Å². The number of aryl methyl sites for hydroxylation is 2. The number of ether oxygens (including phenoxy) is 2. The Bertz CT molecular complexity index is 927. The van der Waals surface area contributed by atoms with Gasteiger partial charge in [-0.2, -0.15) is 0 Å². The van der Waals surface area contributed by atoms with Crippen LogP contribution in [0.15, 0.2) is 42.5 Å². The molecule has 0 heterocycles. The third-order valence-electron chi connectivity index (χ3n) is 5.92. The summed E-state index contributed by atoms with van der Waals surface area (Å²) in [7, 11) is 0. The third-order valence-corrected chi connectivity index (χ3v) is 5.92. The summed E-state index contributed by atoms with van der Waals surface area (Å²) in [5, 5.41) is 3.02. The van der Waals surface area contributed by atoms with Gasteiger partial charge in [-0.15, -0.1) is 0 Å². The molecule has 0 saturated carbocycles. The van der Waals surface area contributed by atoms with E-state index < -0.39 is 6.04 Å². The second kappa shape index (κ2) is 15.1. The summed E-state index contributed by atoms with van der Waals surface area (Å²) in [4.78, 5) is 28.2. The number of rotatable bonds is 15. The lowest BCUT2D eigenvalue weighted by Crippen LogP contribution is -2.49. The summed E-state index contributed by atoms with van der Waals surface area (Å²) in [6.45, 7) is 12.1. The van der Waals surface area contributed by atoms with Crippen molar-refractivity contribution in [2.24, 2.45) is 0 Å². The van der Waals surface area contributed by atoms with Gasteiger partial charge in [-0.25, -0.2) is 0 Å². The molecule has 0 aromatic heterocycles. The minimum absolute atomic E-state index is 0.0325. The van der Waals surface area contributed by atoms with Gasteiger partial charge >= 0.3 is 0 Å². The molecule has 0 aliphatic rings. The average Bonchev–Trinajstić information content (AvgIpc) is 2.85. The fourth-order valence-electron chi connectivity index (χ4n) is 3.96. The molecule has 0 aliphatic heterocycles. The van der Waals surface area contributed by atoms with Gasteiger partial charge in [0.2, 0.25) is 11.8 Å². The van der Waals surface area contributed by atoms with E-state index in [2.05, 4.69) is 12.2 Å². The summed E-state index contributed by atoms with van der Waals surface area (Å²) in [5.74, 6) is 1.29. The molecule has 1 atom stereocenters. The first-order chi connectivity index (χ1) is 16.9. The first-order valence-corrected chi connectivity index (χ1v) is 12.9. The van der Waals surface area contributed by atoms with Crippen LogP contribution >= 0.6 is 0 Å². The molecule has 0 radical (unpaired) electrons. The Hall–Kier alpha value is -3.02. The topological polar surface area (TPSA) is 67.9 Å². The van der Waals surface area contributed by atoms with Gasteiger partial charge in [0, 0.05) is 19.5 Å². The number of hydrogen-bond donors (Lipinski definition) is 1. The Morgan fingerprint density at radius 1 is 0.914 bits per heavy atom. The van der Waals surface area contributed by atoms with Crippen LogP contribution in [0.2, 0.25) is 0 Å². The smallest absolute Gasteiger partial charge is 0.242 e. The molecule has 0 bridgehead atoms. The van der Waals surface area contributed by atoms with E-state index in [1.165, 1.54) is 0 Å². The monoisotopic (exact) mass is 482 g/mol. The number of hydrogen-bond acceptors (Lipinski definition) is 4. The molecule has 0 aliphatic carbocycles. The van der Waals surface area contributed by atoms with Gasteiger partial charge in [-0.3, -0.25) is 9.59 Å².